The fraction of sp³-hybridized carbons (Fsp3) is 0.300. The molecule has 0 saturated carbocycles. The number of aromatic nitrogens is 2. The average molecular weight is 353 g/mol. The molecule has 0 aliphatic rings. The van der Waals surface area contributed by atoms with Crippen molar-refractivity contribution in [2.45, 2.75) is 25.8 Å². The topological polar surface area (TPSA) is 64.9 Å². The summed E-state index contributed by atoms with van der Waals surface area (Å²) in [4.78, 5) is 16.8. The maximum atomic E-state index is 12.3. The maximum absolute atomic E-state index is 12.3. The smallest absolute Gasteiger partial charge is 0.220 e. The molecule has 1 aromatic carbocycles. The van der Waals surface area contributed by atoms with Gasteiger partial charge >= 0.3 is 0 Å². The van der Waals surface area contributed by atoms with E-state index in [2.05, 4.69) is 10.3 Å². The van der Waals surface area contributed by atoms with Gasteiger partial charge in [0.05, 0.1) is 26.0 Å². The van der Waals surface area contributed by atoms with Crippen LogP contribution < -0.4 is 14.8 Å². The van der Waals surface area contributed by atoms with Gasteiger partial charge in [-0.25, -0.2) is 4.98 Å². The van der Waals surface area contributed by atoms with Crippen molar-refractivity contribution >= 4 is 11.6 Å². The number of imidazole rings is 1. The van der Waals surface area contributed by atoms with Crippen molar-refractivity contribution in [3.05, 3.63) is 60.0 Å². The third kappa shape index (κ3) is 3.96. The molecule has 26 heavy (non-hydrogen) atoms. The molecule has 0 saturated heterocycles. The summed E-state index contributed by atoms with van der Waals surface area (Å²) in [7, 11) is 3.20. The highest BCUT2D eigenvalue weighted by molar-refractivity contribution is 5.76. The first-order chi connectivity index (χ1) is 12.6. The van der Waals surface area contributed by atoms with Crippen LogP contribution in [0.3, 0.4) is 0 Å². The molecular weight excluding hydrogens is 330 g/mol. The normalized spacial score (nSPS) is 12.0. The number of rotatable bonds is 7. The van der Waals surface area contributed by atoms with Crippen LogP contribution in [0.25, 0.3) is 5.65 Å². The van der Waals surface area contributed by atoms with Gasteiger partial charge in [-0.05, 0) is 43.2 Å². The Morgan fingerprint density at radius 3 is 2.73 bits per heavy atom. The van der Waals surface area contributed by atoms with Gasteiger partial charge in [-0.2, -0.15) is 0 Å². The van der Waals surface area contributed by atoms with Crippen molar-refractivity contribution in [2.24, 2.45) is 0 Å². The Morgan fingerprint density at radius 1 is 1.19 bits per heavy atom. The van der Waals surface area contributed by atoms with Gasteiger partial charge < -0.3 is 19.2 Å². The van der Waals surface area contributed by atoms with Gasteiger partial charge in [-0.15, -0.1) is 0 Å². The number of carbonyl (C=O) groups excluding carboxylic acids is 1. The lowest BCUT2D eigenvalue weighted by Crippen LogP contribution is -2.26. The standard InChI is InChI=1S/C20H23N3O3/c1-14(15-7-9-17(25-2)18(12-15)26-3)21-20(24)10-8-16-13-23-11-5-4-6-19(23)22-16/h4-7,9,11-14H,8,10H2,1-3H3,(H,21,24)/t14-/m0/s1. The lowest BCUT2D eigenvalue weighted by atomic mass is 10.1. The quantitative estimate of drug-likeness (QED) is 0.709. The molecule has 0 aliphatic heterocycles. The summed E-state index contributed by atoms with van der Waals surface area (Å²) in [5, 5.41) is 3.02. The van der Waals surface area contributed by atoms with Crippen LogP contribution in [0.1, 0.15) is 30.6 Å². The first-order valence-electron chi connectivity index (χ1n) is 8.54. The summed E-state index contributed by atoms with van der Waals surface area (Å²) < 4.78 is 12.5. The molecule has 6 nitrogen and oxygen atoms in total. The van der Waals surface area contributed by atoms with Crippen LogP contribution in [0.15, 0.2) is 48.8 Å². The molecule has 0 radical (unpaired) electrons. The van der Waals surface area contributed by atoms with Crippen LogP contribution in [-0.4, -0.2) is 29.5 Å². The molecule has 136 valence electrons. The number of ether oxygens (including phenoxy) is 2. The van der Waals surface area contributed by atoms with E-state index in [4.69, 9.17) is 9.47 Å². The molecular formula is C20H23N3O3. The number of aryl methyl sites for hydroxylation is 1. The number of pyridine rings is 1. The molecule has 1 atom stereocenters. The van der Waals surface area contributed by atoms with Gasteiger partial charge in [-0.1, -0.05) is 12.1 Å². The van der Waals surface area contributed by atoms with Crippen LogP contribution in [0.5, 0.6) is 11.5 Å². The Kier molecular flexibility index (Phi) is 5.41. The van der Waals surface area contributed by atoms with Crippen molar-refractivity contribution < 1.29 is 14.3 Å². The number of benzene rings is 1. The van der Waals surface area contributed by atoms with Crippen LogP contribution in [0.4, 0.5) is 0 Å². The van der Waals surface area contributed by atoms with Crippen molar-refractivity contribution in [3.8, 4) is 11.5 Å². The zero-order valence-electron chi connectivity index (χ0n) is 15.2. The largest absolute Gasteiger partial charge is 0.493 e. The molecule has 0 aliphatic carbocycles. The number of hydrogen-bond donors (Lipinski definition) is 1. The summed E-state index contributed by atoms with van der Waals surface area (Å²) in [6.07, 6.45) is 4.90. The number of fused-ring (bicyclic) bond motifs is 1. The monoisotopic (exact) mass is 353 g/mol. The minimum Gasteiger partial charge on any atom is -0.493 e. The highest BCUT2D eigenvalue weighted by Crippen LogP contribution is 2.29. The van der Waals surface area contributed by atoms with E-state index >= 15 is 0 Å². The lowest BCUT2D eigenvalue weighted by molar-refractivity contribution is -0.121. The van der Waals surface area contributed by atoms with Gasteiger partial charge in [0.15, 0.2) is 11.5 Å². The summed E-state index contributed by atoms with van der Waals surface area (Å²) >= 11 is 0. The zero-order valence-corrected chi connectivity index (χ0v) is 15.2. The molecule has 6 heteroatoms. The average Bonchev–Trinajstić information content (AvgIpc) is 3.08. The molecule has 0 fully saturated rings. The first-order valence-corrected chi connectivity index (χ1v) is 8.54. The van der Waals surface area contributed by atoms with E-state index < -0.39 is 0 Å². The molecule has 3 rings (SSSR count). The summed E-state index contributed by atoms with van der Waals surface area (Å²) in [5.74, 6) is 1.31. The van der Waals surface area contributed by atoms with E-state index in [1.807, 2.05) is 60.1 Å². The van der Waals surface area contributed by atoms with Crippen molar-refractivity contribution in [2.75, 3.05) is 14.2 Å². The highest BCUT2D eigenvalue weighted by atomic mass is 16.5. The number of amides is 1. The van der Waals surface area contributed by atoms with E-state index in [0.29, 0.717) is 24.3 Å². The van der Waals surface area contributed by atoms with Crippen LogP contribution in [0.2, 0.25) is 0 Å². The minimum absolute atomic E-state index is 0.00987. The maximum Gasteiger partial charge on any atom is 0.220 e. The lowest BCUT2D eigenvalue weighted by Gasteiger charge is -2.16. The third-order valence-corrected chi connectivity index (χ3v) is 4.31. The van der Waals surface area contributed by atoms with Crippen molar-refractivity contribution in [1.82, 2.24) is 14.7 Å². The third-order valence-electron chi connectivity index (χ3n) is 4.31. The van der Waals surface area contributed by atoms with E-state index in [-0.39, 0.29) is 11.9 Å². The van der Waals surface area contributed by atoms with Gasteiger partial charge in [0.25, 0.3) is 0 Å². The summed E-state index contributed by atoms with van der Waals surface area (Å²) in [6, 6.07) is 11.4. The molecule has 2 aromatic heterocycles. The van der Waals surface area contributed by atoms with E-state index in [1.54, 1.807) is 14.2 Å². The molecule has 2 heterocycles. The Bertz CT molecular complexity index is 871. The Morgan fingerprint density at radius 2 is 2.00 bits per heavy atom. The minimum atomic E-state index is -0.122. The fourth-order valence-corrected chi connectivity index (χ4v) is 2.87. The van der Waals surface area contributed by atoms with Crippen molar-refractivity contribution in [3.63, 3.8) is 0 Å². The molecule has 0 bridgehead atoms. The Balaban J connectivity index is 1.58. The molecule has 1 N–H and O–H groups in total. The van der Waals surface area contributed by atoms with E-state index in [0.717, 1.165) is 16.9 Å². The number of nitrogens with zero attached hydrogens (tertiary/aromatic N) is 2. The Labute approximate surface area is 152 Å². The number of nitrogens with one attached hydrogen (secondary N) is 1. The summed E-state index contributed by atoms with van der Waals surface area (Å²) in [6.45, 7) is 1.95. The van der Waals surface area contributed by atoms with E-state index in [1.165, 1.54) is 0 Å². The number of carbonyl (C=O) groups is 1. The Hall–Kier alpha value is -3.02. The van der Waals surface area contributed by atoms with Crippen molar-refractivity contribution in [1.29, 1.82) is 0 Å². The molecule has 1 amide bonds. The fourth-order valence-electron chi connectivity index (χ4n) is 2.87. The van der Waals surface area contributed by atoms with Gasteiger partial charge in [-0.3, -0.25) is 4.79 Å². The predicted molar refractivity (Wildman–Crippen MR) is 99.6 cm³/mol. The molecule has 0 spiro atoms. The van der Waals surface area contributed by atoms with Gasteiger partial charge in [0.1, 0.15) is 5.65 Å². The number of hydrogen-bond acceptors (Lipinski definition) is 4. The van der Waals surface area contributed by atoms with Crippen LogP contribution in [-0.2, 0) is 11.2 Å². The van der Waals surface area contributed by atoms with Gasteiger partial charge in [0, 0.05) is 18.8 Å². The van der Waals surface area contributed by atoms with Gasteiger partial charge in [0.2, 0.25) is 5.91 Å². The van der Waals surface area contributed by atoms with E-state index in [9.17, 15) is 4.79 Å². The SMILES string of the molecule is COc1ccc([C@H](C)NC(=O)CCc2cn3ccccc3n2)cc1OC. The zero-order chi connectivity index (χ0) is 18.5. The first kappa shape index (κ1) is 17.8. The second-order valence-electron chi connectivity index (χ2n) is 6.10. The molecule has 0 unspecified atom stereocenters. The summed E-state index contributed by atoms with van der Waals surface area (Å²) in [5.41, 5.74) is 2.76. The molecule has 3 aromatic rings. The van der Waals surface area contributed by atoms with Crippen LogP contribution >= 0.6 is 0 Å². The second-order valence-corrected chi connectivity index (χ2v) is 6.10. The predicted octanol–water partition coefficient (Wildman–Crippen LogP) is 3.16. The van der Waals surface area contributed by atoms with Crippen LogP contribution in [0, 0.1) is 0 Å². The highest BCUT2D eigenvalue weighted by Gasteiger charge is 2.13. The number of methoxy groups -OCH3 is 2. The second kappa shape index (κ2) is 7.91.